The van der Waals surface area contributed by atoms with E-state index in [1.165, 1.54) is 0 Å². The molecule has 0 aliphatic carbocycles. The molecule has 29 heavy (non-hydrogen) atoms. The van der Waals surface area contributed by atoms with Crippen molar-refractivity contribution in [3.05, 3.63) is 69.0 Å². The van der Waals surface area contributed by atoms with Crippen molar-refractivity contribution in [1.82, 2.24) is 9.88 Å². The number of nitrogens with one attached hydrogen (secondary N) is 2. The van der Waals surface area contributed by atoms with E-state index < -0.39 is 0 Å². The first-order chi connectivity index (χ1) is 13.8. The topological polar surface area (TPSA) is 74.4 Å². The quantitative estimate of drug-likeness (QED) is 0.669. The van der Waals surface area contributed by atoms with Crippen molar-refractivity contribution in [2.45, 2.75) is 34.2 Å². The second-order valence-electron chi connectivity index (χ2n) is 7.31. The molecule has 1 heterocycles. The molecule has 0 fully saturated rings. The van der Waals surface area contributed by atoms with Crippen molar-refractivity contribution < 1.29 is 9.53 Å². The van der Waals surface area contributed by atoms with Gasteiger partial charge in [-0.1, -0.05) is 17.7 Å². The van der Waals surface area contributed by atoms with Gasteiger partial charge in [0.2, 0.25) is 5.56 Å². The van der Waals surface area contributed by atoms with Crippen LogP contribution in [0, 0.1) is 20.8 Å². The minimum atomic E-state index is -0.241. The fourth-order valence-electron chi connectivity index (χ4n) is 3.56. The van der Waals surface area contributed by atoms with Gasteiger partial charge >= 0.3 is 6.03 Å². The van der Waals surface area contributed by atoms with Crippen molar-refractivity contribution in [1.29, 1.82) is 0 Å². The van der Waals surface area contributed by atoms with E-state index in [4.69, 9.17) is 4.74 Å². The number of pyridine rings is 1. The van der Waals surface area contributed by atoms with Gasteiger partial charge in [0, 0.05) is 24.5 Å². The standard InChI is InChI=1S/C23H27N3O3/c1-6-26(23(28)24-19-11-14(2)7-8-20(19)29-5)13-17-12-21(27)25-22-16(4)9-15(3)10-18(17)22/h7-12H,6,13H2,1-5H3,(H,24,28)(H,25,27). The lowest BCUT2D eigenvalue weighted by Gasteiger charge is -2.23. The smallest absolute Gasteiger partial charge is 0.322 e. The number of aryl methyl sites for hydroxylation is 3. The lowest BCUT2D eigenvalue weighted by atomic mass is 10.0. The summed E-state index contributed by atoms with van der Waals surface area (Å²) in [6.07, 6.45) is 0. The van der Waals surface area contributed by atoms with Gasteiger partial charge in [0.15, 0.2) is 0 Å². The molecule has 152 valence electrons. The molecule has 0 radical (unpaired) electrons. The second kappa shape index (κ2) is 8.39. The van der Waals surface area contributed by atoms with Crippen molar-refractivity contribution in [3.8, 4) is 5.75 Å². The van der Waals surface area contributed by atoms with E-state index in [2.05, 4.69) is 10.3 Å². The lowest BCUT2D eigenvalue weighted by Crippen LogP contribution is -2.34. The average Bonchev–Trinajstić information content (AvgIpc) is 2.66. The van der Waals surface area contributed by atoms with Crippen LogP contribution in [0.4, 0.5) is 10.5 Å². The first-order valence-electron chi connectivity index (χ1n) is 9.66. The maximum Gasteiger partial charge on any atom is 0.322 e. The molecular formula is C23H27N3O3. The summed E-state index contributed by atoms with van der Waals surface area (Å²) in [4.78, 5) is 29.7. The van der Waals surface area contributed by atoms with Gasteiger partial charge in [0.1, 0.15) is 5.75 Å². The summed E-state index contributed by atoms with van der Waals surface area (Å²) >= 11 is 0. The largest absolute Gasteiger partial charge is 0.495 e. The highest BCUT2D eigenvalue weighted by Crippen LogP contribution is 2.26. The van der Waals surface area contributed by atoms with Crippen LogP contribution in [0.5, 0.6) is 5.75 Å². The molecule has 3 rings (SSSR count). The number of hydrogen-bond acceptors (Lipinski definition) is 3. The third-order valence-electron chi connectivity index (χ3n) is 5.01. The number of fused-ring (bicyclic) bond motifs is 1. The number of anilines is 1. The Morgan fingerprint density at radius 2 is 1.86 bits per heavy atom. The van der Waals surface area contributed by atoms with Gasteiger partial charge in [-0.25, -0.2) is 4.79 Å². The van der Waals surface area contributed by atoms with E-state index in [1.54, 1.807) is 18.1 Å². The number of H-pyrrole nitrogens is 1. The molecule has 0 atom stereocenters. The van der Waals surface area contributed by atoms with Crippen LogP contribution in [0.2, 0.25) is 0 Å². The minimum Gasteiger partial charge on any atom is -0.495 e. The summed E-state index contributed by atoms with van der Waals surface area (Å²) in [5.41, 5.74) is 5.24. The third-order valence-corrected chi connectivity index (χ3v) is 5.01. The highest BCUT2D eigenvalue weighted by atomic mass is 16.5. The summed E-state index contributed by atoms with van der Waals surface area (Å²) < 4.78 is 5.35. The van der Waals surface area contributed by atoms with Crippen LogP contribution in [0.25, 0.3) is 10.9 Å². The van der Waals surface area contributed by atoms with Crippen molar-refractivity contribution >= 4 is 22.6 Å². The molecule has 0 saturated carbocycles. The number of hydrogen-bond donors (Lipinski definition) is 2. The molecule has 0 saturated heterocycles. The van der Waals surface area contributed by atoms with E-state index in [0.717, 1.165) is 33.2 Å². The van der Waals surface area contributed by atoms with Crippen molar-refractivity contribution in [2.75, 3.05) is 19.0 Å². The van der Waals surface area contributed by atoms with Crippen LogP contribution in [0.1, 0.15) is 29.2 Å². The van der Waals surface area contributed by atoms with Crippen LogP contribution >= 0.6 is 0 Å². The van der Waals surface area contributed by atoms with Crippen LogP contribution in [0.15, 0.2) is 41.2 Å². The zero-order valence-electron chi connectivity index (χ0n) is 17.6. The average molecular weight is 393 g/mol. The molecule has 2 N–H and O–H groups in total. The second-order valence-corrected chi connectivity index (χ2v) is 7.31. The molecule has 6 nitrogen and oxygen atoms in total. The molecule has 0 unspecified atom stereocenters. The minimum absolute atomic E-state index is 0.170. The Balaban J connectivity index is 1.93. The first kappa shape index (κ1) is 20.5. The van der Waals surface area contributed by atoms with Crippen LogP contribution in [-0.4, -0.2) is 29.6 Å². The van der Waals surface area contributed by atoms with Crippen LogP contribution < -0.4 is 15.6 Å². The van der Waals surface area contributed by atoms with Gasteiger partial charge in [0.25, 0.3) is 0 Å². The Morgan fingerprint density at radius 3 is 2.55 bits per heavy atom. The number of amides is 2. The number of carbonyl (C=O) groups is 1. The third kappa shape index (κ3) is 4.42. The molecule has 2 aromatic carbocycles. The fourth-order valence-corrected chi connectivity index (χ4v) is 3.56. The predicted octanol–water partition coefficient (Wildman–Crippen LogP) is 4.52. The zero-order chi connectivity index (χ0) is 21.1. The number of methoxy groups -OCH3 is 1. The summed E-state index contributed by atoms with van der Waals surface area (Å²) in [5.74, 6) is 0.604. The van der Waals surface area contributed by atoms with E-state index in [0.29, 0.717) is 24.5 Å². The molecule has 0 bridgehead atoms. The Morgan fingerprint density at radius 1 is 1.10 bits per heavy atom. The Labute approximate surface area is 170 Å². The van der Waals surface area contributed by atoms with E-state index >= 15 is 0 Å². The Bertz CT molecular complexity index is 1120. The summed E-state index contributed by atoms with van der Waals surface area (Å²) in [6.45, 7) is 8.70. The normalized spacial score (nSPS) is 10.8. The molecule has 3 aromatic rings. The van der Waals surface area contributed by atoms with Gasteiger partial charge < -0.3 is 19.9 Å². The highest BCUT2D eigenvalue weighted by molar-refractivity contribution is 5.92. The molecule has 1 aromatic heterocycles. The Kier molecular flexibility index (Phi) is 5.92. The number of nitrogens with zero attached hydrogens (tertiary/aromatic N) is 1. The molecule has 0 aliphatic rings. The lowest BCUT2D eigenvalue weighted by molar-refractivity contribution is 0.212. The molecule has 6 heteroatoms. The van der Waals surface area contributed by atoms with Gasteiger partial charge in [-0.05, 0) is 62.6 Å². The van der Waals surface area contributed by atoms with Gasteiger partial charge in [-0.2, -0.15) is 0 Å². The highest BCUT2D eigenvalue weighted by Gasteiger charge is 2.17. The molecular weight excluding hydrogens is 366 g/mol. The summed E-state index contributed by atoms with van der Waals surface area (Å²) in [5, 5.41) is 3.89. The maximum absolute atomic E-state index is 13.0. The molecule has 2 amide bonds. The number of aromatic amines is 1. The predicted molar refractivity (Wildman–Crippen MR) is 117 cm³/mol. The maximum atomic E-state index is 13.0. The molecule has 0 aliphatic heterocycles. The van der Waals surface area contributed by atoms with E-state index in [-0.39, 0.29) is 11.6 Å². The van der Waals surface area contributed by atoms with E-state index in [9.17, 15) is 9.59 Å². The first-order valence-corrected chi connectivity index (χ1v) is 9.66. The van der Waals surface area contributed by atoms with Crippen LogP contribution in [0.3, 0.4) is 0 Å². The monoisotopic (exact) mass is 393 g/mol. The molecule has 0 spiro atoms. The van der Waals surface area contributed by atoms with Crippen LogP contribution in [-0.2, 0) is 6.54 Å². The van der Waals surface area contributed by atoms with Gasteiger partial charge in [-0.15, -0.1) is 0 Å². The number of rotatable bonds is 5. The number of benzene rings is 2. The SMILES string of the molecule is CCN(Cc1cc(=O)[nH]c2c(C)cc(C)cc12)C(=O)Nc1cc(C)ccc1OC. The number of carbonyl (C=O) groups excluding carboxylic acids is 1. The van der Waals surface area contributed by atoms with E-state index in [1.807, 2.05) is 58.0 Å². The van der Waals surface area contributed by atoms with Crippen molar-refractivity contribution in [3.63, 3.8) is 0 Å². The zero-order valence-corrected chi connectivity index (χ0v) is 17.6. The number of ether oxygens (including phenoxy) is 1. The van der Waals surface area contributed by atoms with Gasteiger partial charge in [0.05, 0.1) is 18.3 Å². The Hall–Kier alpha value is -3.28. The van der Waals surface area contributed by atoms with Gasteiger partial charge in [-0.3, -0.25) is 4.79 Å². The summed E-state index contributed by atoms with van der Waals surface area (Å²) in [7, 11) is 1.57. The fraction of sp³-hybridized carbons (Fsp3) is 0.304. The summed E-state index contributed by atoms with van der Waals surface area (Å²) in [6, 6.07) is 11.0. The van der Waals surface area contributed by atoms with Crippen molar-refractivity contribution in [2.24, 2.45) is 0 Å². The number of urea groups is 1. The number of aromatic nitrogens is 1.